The van der Waals surface area contributed by atoms with Crippen LogP contribution in [0.3, 0.4) is 0 Å². The van der Waals surface area contributed by atoms with Gasteiger partial charge in [0, 0.05) is 6.26 Å². The molecule has 9 heteroatoms. The smallest absolute Gasteiger partial charge is 0.240 e. The maximum absolute atomic E-state index is 12.6. The van der Waals surface area contributed by atoms with Crippen molar-refractivity contribution >= 4 is 50.0 Å². The third-order valence-corrected chi connectivity index (χ3v) is 5.79. The Kier molecular flexibility index (Phi) is 5.46. The number of amides is 1. The van der Waals surface area contributed by atoms with Crippen LogP contribution in [0.25, 0.3) is 11.0 Å². The lowest BCUT2D eigenvalue weighted by atomic mass is 10.1. The van der Waals surface area contributed by atoms with Gasteiger partial charge in [-0.2, -0.15) is 0 Å². The van der Waals surface area contributed by atoms with E-state index in [2.05, 4.69) is 10.3 Å². The molecule has 0 spiro atoms. The zero-order valence-electron chi connectivity index (χ0n) is 14.6. The fourth-order valence-corrected chi connectivity index (χ4v) is 3.92. The van der Waals surface area contributed by atoms with Crippen LogP contribution in [-0.4, -0.2) is 30.1 Å². The number of para-hydroxylation sites is 2. The number of benzene rings is 2. The van der Waals surface area contributed by atoms with Crippen LogP contribution in [0, 0.1) is 0 Å². The molecule has 1 unspecified atom stereocenters. The highest BCUT2D eigenvalue weighted by molar-refractivity contribution is 7.90. The van der Waals surface area contributed by atoms with Crippen molar-refractivity contribution < 1.29 is 13.2 Å². The van der Waals surface area contributed by atoms with Crippen LogP contribution < -0.4 is 5.32 Å². The molecule has 1 N–H and O–H groups in total. The van der Waals surface area contributed by atoms with E-state index < -0.39 is 9.84 Å². The highest BCUT2D eigenvalue weighted by atomic mass is 35.5. The number of hydrogen-bond acceptors (Lipinski definition) is 4. The minimum absolute atomic E-state index is 0.138. The van der Waals surface area contributed by atoms with Gasteiger partial charge in [-0.1, -0.05) is 41.4 Å². The molecule has 1 amide bonds. The number of sulfone groups is 1. The van der Waals surface area contributed by atoms with Gasteiger partial charge in [0.05, 0.1) is 27.1 Å². The van der Waals surface area contributed by atoms with E-state index in [4.69, 9.17) is 23.2 Å². The Balaban J connectivity index is 1.86. The first-order valence-corrected chi connectivity index (χ1v) is 10.7. The molecule has 0 bridgehead atoms. The van der Waals surface area contributed by atoms with Gasteiger partial charge in [0.25, 0.3) is 0 Å². The van der Waals surface area contributed by atoms with E-state index in [-0.39, 0.29) is 23.7 Å². The van der Waals surface area contributed by atoms with Crippen molar-refractivity contribution in [3.8, 4) is 0 Å². The Bertz CT molecular complexity index is 1130. The standard InChI is InChI=1S/C18H17Cl2N3O3S/c1-11(12-7-8-13(19)14(20)9-12)21-17(24)10-23-16-6-4-3-5-15(16)22-18(23)27(2,25)26/h3-9,11H,10H2,1-2H3,(H,21,24). The SMILES string of the molecule is CC(NC(=O)Cn1c(S(C)(=O)=O)nc2ccccc21)c1ccc(Cl)c(Cl)c1. The van der Waals surface area contributed by atoms with Crippen molar-refractivity contribution in [3.63, 3.8) is 0 Å². The van der Waals surface area contributed by atoms with Crippen LogP contribution in [0.5, 0.6) is 0 Å². The molecule has 3 aromatic rings. The third kappa shape index (κ3) is 4.26. The van der Waals surface area contributed by atoms with Crippen LogP contribution in [0.2, 0.25) is 10.0 Å². The van der Waals surface area contributed by atoms with E-state index in [9.17, 15) is 13.2 Å². The van der Waals surface area contributed by atoms with Crippen LogP contribution in [0.1, 0.15) is 18.5 Å². The molecule has 0 aliphatic carbocycles. The highest BCUT2D eigenvalue weighted by Gasteiger charge is 2.21. The molecule has 142 valence electrons. The normalized spacial score (nSPS) is 12.9. The molecule has 6 nitrogen and oxygen atoms in total. The topological polar surface area (TPSA) is 81.1 Å². The van der Waals surface area contributed by atoms with Crippen LogP contribution >= 0.6 is 23.2 Å². The van der Waals surface area contributed by atoms with Gasteiger partial charge < -0.3 is 9.88 Å². The largest absolute Gasteiger partial charge is 0.348 e. The van der Waals surface area contributed by atoms with Gasteiger partial charge in [-0.3, -0.25) is 4.79 Å². The first-order chi connectivity index (χ1) is 12.7. The molecule has 1 atom stereocenters. The quantitative estimate of drug-likeness (QED) is 0.676. The van der Waals surface area contributed by atoms with Crippen LogP contribution in [0.4, 0.5) is 0 Å². The number of halogens is 2. The molecule has 0 saturated heterocycles. The van der Waals surface area contributed by atoms with E-state index in [0.29, 0.717) is 21.1 Å². The summed E-state index contributed by atoms with van der Waals surface area (Å²) in [7, 11) is -3.59. The van der Waals surface area contributed by atoms with Gasteiger partial charge >= 0.3 is 0 Å². The summed E-state index contributed by atoms with van der Waals surface area (Å²) < 4.78 is 25.6. The second-order valence-corrected chi connectivity index (χ2v) is 8.93. The monoisotopic (exact) mass is 425 g/mol. The van der Waals surface area contributed by atoms with E-state index in [1.165, 1.54) is 4.57 Å². The Morgan fingerprint density at radius 3 is 2.56 bits per heavy atom. The zero-order valence-corrected chi connectivity index (χ0v) is 16.9. The molecule has 3 rings (SSSR count). The number of imidazole rings is 1. The molecule has 0 aliphatic heterocycles. The zero-order chi connectivity index (χ0) is 19.8. The van der Waals surface area contributed by atoms with Gasteiger partial charge in [-0.15, -0.1) is 0 Å². The summed E-state index contributed by atoms with van der Waals surface area (Å²) >= 11 is 11.9. The second-order valence-electron chi connectivity index (χ2n) is 6.20. The number of rotatable bonds is 5. The molecule has 0 aliphatic rings. The number of carbonyl (C=O) groups excluding carboxylic acids is 1. The first kappa shape index (κ1) is 19.7. The van der Waals surface area contributed by atoms with E-state index >= 15 is 0 Å². The Hall–Kier alpha value is -2.09. The van der Waals surface area contributed by atoms with Gasteiger partial charge in [-0.05, 0) is 36.8 Å². The number of hydrogen-bond donors (Lipinski definition) is 1. The highest BCUT2D eigenvalue weighted by Crippen LogP contribution is 2.25. The molecule has 1 aromatic heterocycles. The van der Waals surface area contributed by atoms with E-state index in [0.717, 1.165) is 11.8 Å². The summed E-state index contributed by atoms with van der Waals surface area (Å²) in [6, 6.07) is 11.7. The summed E-state index contributed by atoms with van der Waals surface area (Å²) in [5.41, 5.74) is 1.88. The number of nitrogens with one attached hydrogen (secondary N) is 1. The van der Waals surface area contributed by atoms with Gasteiger partial charge in [0.1, 0.15) is 6.54 Å². The van der Waals surface area contributed by atoms with Crippen molar-refractivity contribution in [1.82, 2.24) is 14.9 Å². The molecule has 0 radical (unpaired) electrons. The van der Waals surface area contributed by atoms with Crippen LogP contribution in [0.15, 0.2) is 47.6 Å². The predicted molar refractivity (Wildman–Crippen MR) is 106 cm³/mol. The third-order valence-electron chi connectivity index (χ3n) is 4.07. The van der Waals surface area contributed by atoms with Crippen LogP contribution in [-0.2, 0) is 21.2 Å². The Labute approximate surface area is 167 Å². The minimum Gasteiger partial charge on any atom is -0.348 e. The summed E-state index contributed by atoms with van der Waals surface area (Å²) in [6.07, 6.45) is 1.07. The lowest BCUT2D eigenvalue weighted by Gasteiger charge is -2.16. The van der Waals surface area contributed by atoms with Crippen molar-refractivity contribution in [2.24, 2.45) is 0 Å². The average Bonchev–Trinajstić information content (AvgIpc) is 2.96. The molecular formula is C18H17Cl2N3O3S. The molecule has 1 heterocycles. The maximum Gasteiger partial charge on any atom is 0.240 e. The second kappa shape index (κ2) is 7.50. The Morgan fingerprint density at radius 2 is 1.89 bits per heavy atom. The fourth-order valence-electron chi connectivity index (χ4n) is 2.79. The van der Waals surface area contributed by atoms with Gasteiger partial charge in [0.15, 0.2) is 0 Å². The van der Waals surface area contributed by atoms with Crippen molar-refractivity contribution in [2.75, 3.05) is 6.26 Å². The number of carbonyl (C=O) groups is 1. The lowest BCUT2D eigenvalue weighted by Crippen LogP contribution is -2.31. The Morgan fingerprint density at radius 1 is 1.19 bits per heavy atom. The van der Waals surface area contributed by atoms with Crippen molar-refractivity contribution in [3.05, 3.63) is 58.1 Å². The molecule has 27 heavy (non-hydrogen) atoms. The summed E-state index contributed by atoms with van der Waals surface area (Å²) in [6.45, 7) is 1.63. The average molecular weight is 426 g/mol. The number of fused-ring (bicyclic) bond motifs is 1. The molecule has 0 saturated carbocycles. The molecule has 2 aromatic carbocycles. The van der Waals surface area contributed by atoms with E-state index in [1.807, 2.05) is 0 Å². The van der Waals surface area contributed by atoms with E-state index in [1.54, 1.807) is 49.4 Å². The van der Waals surface area contributed by atoms with Crippen molar-refractivity contribution in [2.45, 2.75) is 24.7 Å². The molecule has 0 fully saturated rings. The minimum atomic E-state index is -3.59. The number of nitrogens with zero attached hydrogens (tertiary/aromatic N) is 2. The first-order valence-electron chi connectivity index (χ1n) is 8.06. The molecular weight excluding hydrogens is 409 g/mol. The van der Waals surface area contributed by atoms with Crippen molar-refractivity contribution in [1.29, 1.82) is 0 Å². The van der Waals surface area contributed by atoms with Gasteiger partial charge in [0.2, 0.25) is 20.9 Å². The summed E-state index contributed by atoms with van der Waals surface area (Å²) in [5, 5.41) is 3.53. The van der Waals surface area contributed by atoms with Gasteiger partial charge in [-0.25, -0.2) is 13.4 Å². The number of aromatic nitrogens is 2. The predicted octanol–water partition coefficient (Wildman–Crippen LogP) is 3.62. The fraction of sp³-hybridized carbons (Fsp3) is 0.222. The maximum atomic E-state index is 12.6. The summed E-state index contributed by atoms with van der Waals surface area (Å²) in [4.78, 5) is 16.7. The lowest BCUT2D eigenvalue weighted by molar-refractivity contribution is -0.122. The summed E-state index contributed by atoms with van der Waals surface area (Å²) in [5.74, 6) is -0.346.